The third kappa shape index (κ3) is 3.83. The number of aromatic amines is 1. The van der Waals surface area contributed by atoms with Crippen molar-refractivity contribution in [2.45, 2.75) is 0 Å². The second-order valence-electron chi connectivity index (χ2n) is 7.17. The van der Waals surface area contributed by atoms with Crippen molar-refractivity contribution in [3.63, 3.8) is 0 Å². The molecule has 4 aromatic rings. The van der Waals surface area contributed by atoms with Gasteiger partial charge < -0.3 is 20.2 Å². The lowest BCUT2D eigenvalue weighted by atomic mass is 9.92. The highest BCUT2D eigenvalue weighted by molar-refractivity contribution is 5.91. The van der Waals surface area contributed by atoms with E-state index in [0.717, 1.165) is 0 Å². The number of benzene rings is 1. The summed E-state index contributed by atoms with van der Waals surface area (Å²) in [5, 5.41) is 7.46. The SMILES string of the molecule is N=C(N)OC=C1c2cc(-c3ccc[nH]c3=O)ccc2Oc2cnc(-c3ccnc(F)c3)cc21. The number of ether oxygens (including phenoxy) is 2. The van der Waals surface area contributed by atoms with Crippen molar-refractivity contribution in [2.24, 2.45) is 5.73 Å². The maximum absolute atomic E-state index is 13.7. The minimum absolute atomic E-state index is 0.230. The van der Waals surface area contributed by atoms with E-state index < -0.39 is 12.0 Å². The van der Waals surface area contributed by atoms with Gasteiger partial charge in [-0.05, 0) is 42.0 Å². The van der Waals surface area contributed by atoms with Crippen LogP contribution < -0.4 is 16.0 Å². The van der Waals surface area contributed by atoms with Crippen LogP contribution in [0.25, 0.3) is 28.0 Å². The molecule has 4 N–H and O–H groups in total. The molecule has 0 radical (unpaired) electrons. The van der Waals surface area contributed by atoms with Gasteiger partial charge in [-0.15, -0.1) is 0 Å². The quantitative estimate of drug-likeness (QED) is 0.168. The van der Waals surface area contributed by atoms with Gasteiger partial charge in [0.2, 0.25) is 5.95 Å². The van der Waals surface area contributed by atoms with Crippen molar-refractivity contribution >= 4 is 11.6 Å². The molecule has 0 spiro atoms. The van der Waals surface area contributed by atoms with E-state index >= 15 is 0 Å². The van der Waals surface area contributed by atoms with Gasteiger partial charge in [0.05, 0.1) is 11.9 Å². The first-order chi connectivity index (χ1) is 16.0. The molecule has 8 nitrogen and oxygen atoms in total. The molecule has 0 amide bonds. The Labute approximate surface area is 186 Å². The molecule has 1 aliphatic rings. The normalized spacial score (nSPS) is 13.1. The van der Waals surface area contributed by atoms with Gasteiger partial charge in [-0.1, -0.05) is 6.07 Å². The summed E-state index contributed by atoms with van der Waals surface area (Å²) >= 11 is 0. The number of aromatic nitrogens is 3. The standard InChI is InChI=1S/C24H16FN5O3/c25-22-9-14(5-7-28-22)19-10-17-18(12-32-24(26)27)16-8-13(15-2-1-6-29-23(15)31)3-4-20(16)33-21(17)11-30-19/h1-12H,(H3,26,27)(H,29,31). The predicted molar refractivity (Wildman–Crippen MR) is 120 cm³/mol. The number of hydrogen-bond donors (Lipinski definition) is 3. The van der Waals surface area contributed by atoms with Gasteiger partial charge in [-0.2, -0.15) is 4.39 Å². The van der Waals surface area contributed by atoms with Crippen LogP contribution >= 0.6 is 0 Å². The highest BCUT2D eigenvalue weighted by atomic mass is 19.1. The summed E-state index contributed by atoms with van der Waals surface area (Å²) in [7, 11) is 0. The first-order valence-electron chi connectivity index (χ1n) is 9.83. The molecule has 162 valence electrons. The monoisotopic (exact) mass is 441 g/mol. The Morgan fingerprint density at radius 1 is 1.06 bits per heavy atom. The summed E-state index contributed by atoms with van der Waals surface area (Å²) in [5.41, 5.74) is 9.15. The van der Waals surface area contributed by atoms with E-state index in [2.05, 4.69) is 15.0 Å². The molecule has 33 heavy (non-hydrogen) atoms. The molecular formula is C24H16FN5O3. The van der Waals surface area contributed by atoms with E-state index in [0.29, 0.717) is 50.6 Å². The minimum atomic E-state index is -0.623. The molecule has 1 aliphatic heterocycles. The number of nitrogens with two attached hydrogens (primary N) is 1. The van der Waals surface area contributed by atoms with Crippen LogP contribution in [0.1, 0.15) is 11.1 Å². The summed E-state index contributed by atoms with van der Waals surface area (Å²) < 4.78 is 24.9. The number of halogens is 1. The number of rotatable bonds is 3. The van der Waals surface area contributed by atoms with Crippen LogP contribution in [0.5, 0.6) is 11.5 Å². The molecule has 0 atom stereocenters. The third-order valence-corrected chi connectivity index (χ3v) is 5.10. The summed E-state index contributed by atoms with van der Waals surface area (Å²) in [6, 6.07) is 12.9. The number of nitrogens with one attached hydrogen (secondary N) is 2. The van der Waals surface area contributed by atoms with Crippen molar-refractivity contribution in [1.29, 1.82) is 5.41 Å². The average Bonchev–Trinajstić information content (AvgIpc) is 2.81. The topological polar surface area (TPSA) is 127 Å². The highest BCUT2D eigenvalue weighted by Crippen LogP contribution is 2.45. The Kier molecular flexibility index (Phi) is 4.91. The Morgan fingerprint density at radius 3 is 2.70 bits per heavy atom. The van der Waals surface area contributed by atoms with Crippen molar-refractivity contribution in [2.75, 3.05) is 0 Å². The molecular weight excluding hydrogens is 425 g/mol. The highest BCUT2D eigenvalue weighted by Gasteiger charge is 2.25. The maximum atomic E-state index is 13.7. The number of fused-ring (bicyclic) bond motifs is 2. The van der Waals surface area contributed by atoms with Crippen LogP contribution in [0.3, 0.4) is 0 Å². The summed E-state index contributed by atoms with van der Waals surface area (Å²) in [6.45, 7) is 0. The fourth-order valence-corrected chi connectivity index (χ4v) is 3.61. The van der Waals surface area contributed by atoms with E-state index in [9.17, 15) is 9.18 Å². The smallest absolute Gasteiger partial charge is 0.284 e. The fourth-order valence-electron chi connectivity index (χ4n) is 3.61. The lowest BCUT2D eigenvalue weighted by Gasteiger charge is -2.23. The number of pyridine rings is 3. The molecule has 0 fully saturated rings. The van der Waals surface area contributed by atoms with Crippen molar-refractivity contribution in [1.82, 2.24) is 15.0 Å². The summed E-state index contributed by atoms with van der Waals surface area (Å²) in [5.74, 6) is 0.341. The van der Waals surface area contributed by atoms with E-state index in [4.69, 9.17) is 20.6 Å². The Balaban J connectivity index is 1.68. The number of nitrogens with zero attached hydrogens (tertiary/aromatic N) is 2. The van der Waals surface area contributed by atoms with Gasteiger partial charge in [-0.25, -0.2) is 4.98 Å². The first kappa shape index (κ1) is 20.1. The van der Waals surface area contributed by atoms with Gasteiger partial charge in [-0.3, -0.25) is 15.2 Å². The zero-order valence-corrected chi connectivity index (χ0v) is 17.0. The minimum Gasteiger partial charge on any atom is -0.454 e. The van der Waals surface area contributed by atoms with Crippen LogP contribution in [0.15, 0.2) is 78.2 Å². The first-order valence-corrected chi connectivity index (χ1v) is 9.83. The largest absolute Gasteiger partial charge is 0.454 e. The molecule has 9 heteroatoms. The summed E-state index contributed by atoms with van der Waals surface area (Å²) in [4.78, 5) is 22.9. The molecule has 0 bridgehead atoms. The fraction of sp³-hybridized carbons (Fsp3) is 0. The van der Waals surface area contributed by atoms with Gasteiger partial charge in [0.15, 0.2) is 5.75 Å². The number of amidine groups is 1. The summed E-state index contributed by atoms with van der Waals surface area (Å²) in [6.07, 6.45) is 5.80. The van der Waals surface area contributed by atoms with Crippen LogP contribution in [0.2, 0.25) is 0 Å². The molecule has 0 saturated heterocycles. The molecule has 4 heterocycles. The van der Waals surface area contributed by atoms with Gasteiger partial charge in [0.25, 0.3) is 11.6 Å². The van der Waals surface area contributed by atoms with Crippen molar-refractivity contribution in [3.8, 4) is 33.9 Å². The number of hydrogen-bond acceptors (Lipinski definition) is 6. The molecule has 0 saturated carbocycles. The Morgan fingerprint density at radius 2 is 1.91 bits per heavy atom. The lowest BCUT2D eigenvalue weighted by Crippen LogP contribution is -2.12. The Hall–Kier alpha value is -4.79. The Bertz CT molecular complexity index is 1500. The van der Waals surface area contributed by atoms with Gasteiger partial charge in [0, 0.05) is 46.3 Å². The molecule has 0 unspecified atom stereocenters. The molecule has 0 aliphatic carbocycles. The zero-order chi connectivity index (χ0) is 22.9. The van der Waals surface area contributed by atoms with Crippen molar-refractivity contribution < 1.29 is 13.9 Å². The van der Waals surface area contributed by atoms with Crippen LogP contribution in [-0.4, -0.2) is 21.0 Å². The third-order valence-electron chi connectivity index (χ3n) is 5.10. The van der Waals surface area contributed by atoms with Crippen LogP contribution in [0, 0.1) is 11.4 Å². The molecule has 5 rings (SSSR count). The van der Waals surface area contributed by atoms with E-state index in [1.807, 2.05) is 0 Å². The molecule has 3 aromatic heterocycles. The second-order valence-corrected chi connectivity index (χ2v) is 7.17. The zero-order valence-electron chi connectivity index (χ0n) is 17.0. The van der Waals surface area contributed by atoms with Gasteiger partial charge >= 0.3 is 0 Å². The predicted octanol–water partition coefficient (Wildman–Crippen LogP) is 4.04. The van der Waals surface area contributed by atoms with Gasteiger partial charge in [0.1, 0.15) is 12.0 Å². The van der Waals surface area contributed by atoms with E-state index in [1.165, 1.54) is 24.7 Å². The van der Waals surface area contributed by atoms with E-state index in [-0.39, 0.29) is 5.56 Å². The van der Waals surface area contributed by atoms with E-state index in [1.54, 1.807) is 48.7 Å². The number of H-pyrrole nitrogens is 1. The average molecular weight is 441 g/mol. The maximum Gasteiger partial charge on any atom is 0.284 e. The van der Waals surface area contributed by atoms with Crippen LogP contribution in [0.4, 0.5) is 4.39 Å². The van der Waals surface area contributed by atoms with Crippen LogP contribution in [-0.2, 0) is 4.74 Å². The molecule has 1 aromatic carbocycles. The lowest BCUT2D eigenvalue weighted by molar-refractivity contribution is 0.453. The van der Waals surface area contributed by atoms with Crippen molar-refractivity contribution in [3.05, 3.63) is 101 Å². The second kappa shape index (κ2) is 8.04.